The molecular weight excluding hydrogens is 208 g/mol. The SMILES string of the molecule is COc1ccc(C[O])c(Br)c1. The van der Waals surface area contributed by atoms with Gasteiger partial charge in [-0.3, -0.25) is 0 Å². The van der Waals surface area contributed by atoms with Crippen molar-refractivity contribution in [3.63, 3.8) is 0 Å². The molecule has 1 aromatic rings. The third-order valence-corrected chi connectivity index (χ3v) is 2.15. The van der Waals surface area contributed by atoms with Gasteiger partial charge in [0, 0.05) is 4.47 Å². The Morgan fingerprint density at radius 1 is 1.55 bits per heavy atom. The quantitative estimate of drug-likeness (QED) is 0.746. The van der Waals surface area contributed by atoms with Crippen molar-refractivity contribution in [1.29, 1.82) is 0 Å². The summed E-state index contributed by atoms with van der Waals surface area (Å²) in [4.78, 5) is 0. The molecule has 0 atom stereocenters. The Balaban J connectivity index is 2.99. The third-order valence-electron chi connectivity index (χ3n) is 1.42. The predicted molar refractivity (Wildman–Crippen MR) is 45.1 cm³/mol. The second kappa shape index (κ2) is 3.74. The van der Waals surface area contributed by atoms with Crippen LogP contribution in [0.5, 0.6) is 5.75 Å². The van der Waals surface area contributed by atoms with Crippen LogP contribution in [0.2, 0.25) is 0 Å². The second-order valence-corrected chi connectivity index (χ2v) is 2.96. The maximum atomic E-state index is 10.5. The fraction of sp³-hybridized carbons (Fsp3) is 0.250. The highest BCUT2D eigenvalue weighted by atomic mass is 79.9. The Bertz CT molecular complexity index is 248. The van der Waals surface area contributed by atoms with E-state index >= 15 is 0 Å². The maximum absolute atomic E-state index is 10.5. The summed E-state index contributed by atoms with van der Waals surface area (Å²) in [7, 11) is 1.60. The molecule has 0 aliphatic carbocycles. The third kappa shape index (κ3) is 1.94. The Morgan fingerprint density at radius 3 is 2.73 bits per heavy atom. The number of halogens is 1. The van der Waals surface area contributed by atoms with E-state index in [0.29, 0.717) is 0 Å². The minimum absolute atomic E-state index is 0.204. The fourth-order valence-electron chi connectivity index (χ4n) is 0.772. The molecule has 0 spiro atoms. The molecule has 0 saturated carbocycles. The van der Waals surface area contributed by atoms with Crippen LogP contribution in [0, 0.1) is 0 Å². The van der Waals surface area contributed by atoms with Gasteiger partial charge in [0.2, 0.25) is 0 Å². The minimum Gasteiger partial charge on any atom is -0.497 e. The smallest absolute Gasteiger partial charge is 0.120 e. The second-order valence-electron chi connectivity index (χ2n) is 2.10. The van der Waals surface area contributed by atoms with E-state index in [2.05, 4.69) is 15.9 Å². The summed E-state index contributed by atoms with van der Waals surface area (Å²) in [5.74, 6) is 0.758. The van der Waals surface area contributed by atoms with Crippen LogP contribution in [0.15, 0.2) is 22.7 Å². The van der Waals surface area contributed by atoms with E-state index in [0.717, 1.165) is 15.8 Å². The number of hydrogen-bond donors (Lipinski definition) is 0. The predicted octanol–water partition coefficient (Wildman–Crippen LogP) is 2.39. The Morgan fingerprint density at radius 2 is 2.27 bits per heavy atom. The normalized spacial score (nSPS) is 9.73. The molecule has 0 saturated heterocycles. The molecule has 0 amide bonds. The number of hydrogen-bond acceptors (Lipinski definition) is 1. The molecule has 0 aliphatic heterocycles. The molecule has 0 aromatic heterocycles. The van der Waals surface area contributed by atoms with Gasteiger partial charge in [0.15, 0.2) is 0 Å². The zero-order chi connectivity index (χ0) is 8.27. The van der Waals surface area contributed by atoms with Crippen LogP contribution in [0.3, 0.4) is 0 Å². The average Bonchev–Trinajstić information content (AvgIpc) is 2.04. The monoisotopic (exact) mass is 215 g/mol. The van der Waals surface area contributed by atoms with Crippen molar-refractivity contribution in [3.05, 3.63) is 28.2 Å². The van der Waals surface area contributed by atoms with Crippen LogP contribution >= 0.6 is 15.9 Å². The van der Waals surface area contributed by atoms with Gasteiger partial charge in [-0.15, -0.1) is 0 Å². The van der Waals surface area contributed by atoms with E-state index < -0.39 is 0 Å². The standard InChI is InChI=1S/C8H8BrO2/c1-11-7-3-2-6(5-10)8(9)4-7/h2-4H,5H2,1H3. The largest absolute Gasteiger partial charge is 0.497 e. The minimum atomic E-state index is -0.204. The summed E-state index contributed by atoms with van der Waals surface area (Å²) in [5.41, 5.74) is 0.755. The highest BCUT2D eigenvalue weighted by Crippen LogP contribution is 2.22. The molecule has 0 aliphatic rings. The molecule has 59 valence electrons. The summed E-state index contributed by atoms with van der Waals surface area (Å²) >= 11 is 3.27. The molecular formula is C8H8BrO2. The summed E-state index contributed by atoms with van der Waals surface area (Å²) in [5, 5.41) is 10.5. The number of rotatable bonds is 2. The van der Waals surface area contributed by atoms with Crippen LogP contribution < -0.4 is 4.74 Å². The molecule has 0 N–H and O–H groups in total. The first-order valence-corrected chi connectivity index (χ1v) is 3.97. The summed E-state index contributed by atoms with van der Waals surface area (Å²) in [6.45, 7) is -0.204. The van der Waals surface area contributed by atoms with Gasteiger partial charge >= 0.3 is 0 Å². The lowest BCUT2D eigenvalue weighted by Crippen LogP contribution is -1.86. The molecule has 1 radical (unpaired) electrons. The molecule has 1 aromatic carbocycles. The number of benzene rings is 1. The van der Waals surface area contributed by atoms with E-state index in [1.807, 2.05) is 0 Å². The van der Waals surface area contributed by atoms with Gasteiger partial charge in [0.25, 0.3) is 0 Å². The summed E-state index contributed by atoms with van der Waals surface area (Å²) in [6.07, 6.45) is 0. The van der Waals surface area contributed by atoms with Crippen molar-refractivity contribution < 1.29 is 9.84 Å². The summed E-state index contributed by atoms with van der Waals surface area (Å²) < 4.78 is 5.77. The molecule has 0 fully saturated rings. The van der Waals surface area contributed by atoms with Crippen molar-refractivity contribution in [2.75, 3.05) is 7.11 Å². The van der Waals surface area contributed by atoms with E-state index in [1.54, 1.807) is 25.3 Å². The zero-order valence-corrected chi connectivity index (χ0v) is 7.72. The Labute approximate surface area is 73.9 Å². The van der Waals surface area contributed by atoms with Crippen LogP contribution in [-0.4, -0.2) is 7.11 Å². The van der Waals surface area contributed by atoms with E-state index in [-0.39, 0.29) is 6.61 Å². The first-order valence-electron chi connectivity index (χ1n) is 3.18. The van der Waals surface area contributed by atoms with Crippen LogP contribution in [-0.2, 0) is 11.7 Å². The molecule has 2 nitrogen and oxygen atoms in total. The van der Waals surface area contributed by atoms with Crippen molar-refractivity contribution in [3.8, 4) is 5.75 Å². The first-order chi connectivity index (χ1) is 5.27. The molecule has 0 bridgehead atoms. The van der Waals surface area contributed by atoms with Crippen LogP contribution in [0.1, 0.15) is 5.56 Å². The fourth-order valence-corrected chi connectivity index (χ4v) is 1.24. The lowest BCUT2D eigenvalue weighted by molar-refractivity contribution is 0.177. The van der Waals surface area contributed by atoms with Crippen molar-refractivity contribution in [2.45, 2.75) is 6.61 Å². The van der Waals surface area contributed by atoms with Gasteiger partial charge in [-0.05, 0) is 17.7 Å². The van der Waals surface area contributed by atoms with E-state index in [9.17, 15) is 5.11 Å². The van der Waals surface area contributed by atoms with Crippen LogP contribution in [0.25, 0.3) is 0 Å². The van der Waals surface area contributed by atoms with Gasteiger partial charge in [-0.25, -0.2) is 5.11 Å². The van der Waals surface area contributed by atoms with Gasteiger partial charge < -0.3 is 4.74 Å². The van der Waals surface area contributed by atoms with Crippen molar-refractivity contribution in [1.82, 2.24) is 0 Å². The van der Waals surface area contributed by atoms with Gasteiger partial charge in [-0.2, -0.15) is 0 Å². The molecule has 1 rings (SSSR count). The lowest BCUT2D eigenvalue weighted by atomic mass is 10.2. The van der Waals surface area contributed by atoms with Gasteiger partial charge in [0.1, 0.15) is 12.4 Å². The van der Waals surface area contributed by atoms with Crippen LogP contribution in [0.4, 0.5) is 0 Å². The Kier molecular flexibility index (Phi) is 2.91. The van der Waals surface area contributed by atoms with Crippen molar-refractivity contribution >= 4 is 15.9 Å². The number of ether oxygens (including phenoxy) is 1. The molecule has 0 unspecified atom stereocenters. The zero-order valence-electron chi connectivity index (χ0n) is 6.13. The Hall–Kier alpha value is -0.540. The van der Waals surface area contributed by atoms with Gasteiger partial charge in [-0.1, -0.05) is 22.0 Å². The highest BCUT2D eigenvalue weighted by molar-refractivity contribution is 9.10. The molecule has 0 heterocycles. The average molecular weight is 216 g/mol. The van der Waals surface area contributed by atoms with E-state index in [1.165, 1.54) is 0 Å². The topological polar surface area (TPSA) is 29.1 Å². The number of methoxy groups -OCH3 is 1. The maximum Gasteiger partial charge on any atom is 0.120 e. The lowest BCUT2D eigenvalue weighted by Gasteiger charge is -2.02. The highest BCUT2D eigenvalue weighted by Gasteiger charge is 1.99. The first kappa shape index (κ1) is 8.56. The van der Waals surface area contributed by atoms with Crippen molar-refractivity contribution in [2.24, 2.45) is 0 Å². The molecule has 3 heteroatoms. The summed E-state index contributed by atoms with van der Waals surface area (Å²) in [6, 6.07) is 5.32. The van der Waals surface area contributed by atoms with E-state index in [4.69, 9.17) is 4.74 Å². The van der Waals surface area contributed by atoms with Gasteiger partial charge in [0.05, 0.1) is 7.11 Å². The molecule has 11 heavy (non-hydrogen) atoms.